The van der Waals surface area contributed by atoms with Gasteiger partial charge in [0.15, 0.2) is 5.54 Å². The summed E-state index contributed by atoms with van der Waals surface area (Å²) in [6.45, 7) is 7.36. The monoisotopic (exact) mass is 541 g/mol. The van der Waals surface area contributed by atoms with Gasteiger partial charge in [0.25, 0.3) is 15.9 Å². The maximum absolute atomic E-state index is 13.1. The molecule has 1 aliphatic heterocycles. The largest absolute Gasteiger partial charge is 0.479 e. The fraction of sp³-hybridized carbons (Fsp3) is 0.259. The van der Waals surface area contributed by atoms with Crippen LogP contribution in [0, 0.1) is 27.7 Å². The molecule has 1 saturated heterocycles. The molecule has 0 radical (unpaired) electrons. The highest BCUT2D eigenvalue weighted by atomic mass is 35.5. The van der Waals surface area contributed by atoms with Crippen molar-refractivity contribution in [1.29, 1.82) is 0 Å². The molecular formula is C27H28ClN3O5S. The summed E-state index contributed by atoms with van der Waals surface area (Å²) in [5, 5.41) is 15.6. The van der Waals surface area contributed by atoms with Crippen LogP contribution in [0.4, 0.5) is 5.69 Å². The third-order valence-electron chi connectivity index (χ3n) is 6.57. The highest BCUT2D eigenvalue weighted by Gasteiger charge is 2.46. The molecule has 1 fully saturated rings. The Morgan fingerprint density at radius 3 is 2.14 bits per heavy atom. The fourth-order valence-corrected chi connectivity index (χ4v) is 6.03. The lowest BCUT2D eigenvalue weighted by molar-refractivity contribution is -0.146. The molecule has 8 nitrogen and oxygen atoms in total. The standard InChI is InChI=1S/C27H28ClN3O5S/c1-15-11-23(16(2)10-22(15)28)37(35,36)31-21-7-5-6-19(12-21)20-8-17(3)24(18(4)9-20)25(32)30-27(26(33)34)13-29-14-27/h5-12,29,31H,13-14H2,1-4H3,(H,30,32)(H,33,34). The molecule has 0 atom stereocenters. The van der Waals surface area contributed by atoms with Crippen molar-refractivity contribution in [3.05, 3.63) is 81.4 Å². The molecule has 4 rings (SSSR count). The lowest BCUT2D eigenvalue weighted by Gasteiger charge is -2.39. The summed E-state index contributed by atoms with van der Waals surface area (Å²) in [5.74, 6) is -1.52. The summed E-state index contributed by atoms with van der Waals surface area (Å²) in [4.78, 5) is 24.8. The van der Waals surface area contributed by atoms with Crippen LogP contribution in [-0.4, -0.2) is 44.0 Å². The second-order valence-electron chi connectivity index (χ2n) is 9.48. The summed E-state index contributed by atoms with van der Waals surface area (Å²) in [5.41, 5.74) is 3.63. The van der Waals surface area contributed by atoms with Gasteiger partial charge in [-0.1, -0.05) is 35.9 Å². The predicted octanol–water partition coefficient (Wildman–Crippen LogP) is 4.20. The zero-order chi connectivity index (χ0) is 27.1. The number of nitrogens with one attached hydrogen (secondary N) is 3. The third-order valence-corrected chi connectivity index (χ3v) is 8.50. The number of carboxylic acid groups (broad SMARTS) is 1. The predicted molar refractivity (Wildman–Crippen MR) is 144 cm³/mol. The molecule has 0 aliphatic carbocycles. The van der Waals surface area contributed by atoms with Crippen LogP contribution >= 0.6 is 11.6 Å². The van der Waals surface area contributed by atoms with Crippen LogP contribution < -0.4 is 15.4 Å². The average molecular weight is 542 g/mol. The summed E-state index contributed by atoms with van der Waals surface area (Å²) >= 11 is 6.13. The smallest absolute Gasteiger partial charge is 0.332 e. The van der Waals surface area contributed by atoms with Crippen molar-refractivity contribution < 1.29 is 23.1 Å². The van der Waals surface area contributed by atoms with Crippen molar-refractivity contribution in [3.63, 3.8) is 0 Å². The van der Waals surface area contributed by atoms with Crippen molar-refractivity contribution in [2.24, 2.45) is 0 Å². The number of hydrogen-bond donors (Lipinski definition) is 4. The van der Waals surface area contributed by atoms with Crippen LogP contribution in [0.2, 0.25) is 5.02 Å². The number of carbonyl (C=O) groups is 2. The van der Waals surface area contributed by atoms with Gasteiger partial charge in [0.2, 0.25) is 0 Å². The molecule has 0 aromatic heterocycles. The molecule has 37 heavy (non-hydrogen) atoms. The first-order valence-electron chi connectivity index (χ1n) is 11.6. The van der Waals surface area contributed by atoms with Crippen molar-refractivity contribution in [2.45, 2.75) is 38.1 Å². The van der Waals surface area contributed by atoms with E-state index in [4.69, 9.17) is 11.6 Å². The molecule has 0 bridgehead atoms. The summed E-state index contributed by atoms with van der Waals surface area (Å²) in [7, 11) is -3.85. The van der Waals surface area contributed by atoms with Crippen LogP contribution in [0.5, 0.6) is 0 Å². The Morgan fingerprint density at radius 1 is 0.919 bits per heavy atom. The molecule has 3 aromatic carbocycles. The highest BCUT2D eigenvalue weighted by Crippen LogP contribution is 2.30. The van der Waals surface area contributed by atoms with Crippen LogP contribution in [-0.2, 0) is 14.8 Å². The number of anilines is 1. The van der Waals surface area contributed by atoms with E-state index in [9.17, 15) is 23.1 Å². The van der Waals surface area contributed by atoms with Crippen LogP contribution in [0.1, 0.15) is 32.6 Å². The highest BCUT2D eigenvalue weighted by molar-refractivity contribution is 7.92. The summed E-state index contributed by atoms with van der Waals surface area (Å²) < 4.78 is 28.9. The van der Waals surface area contributed by atoms with Crippen molar-refractivity contribution in [3.8, 4) is 11.1 Å². The lowest BCUT2D eigenvalue weighted by atomic mass is 9.90. The van der Waals surface area contributed by atoms with Crippen molar-refractivity contribution >= 4 is 39.2 Å². The van der Waals surface area contributed by atoms with Gasteiger partial charge < -0.3 is 15.7 Å². The maximum Gasteiger partial charge on any atom is 0.332 e. The molecule has 1 heterocycles. The molecule has 1 amide bonds. The molecule has 4 N–H and O–H groups in total. The normalized spacial score (nSPS) is 14.5. The van der Waals surface area contributed by atoms with Crippen LogP contribution in [0.25, 0.3) is 11.1 Å². The SMILES string of the molecule is Cc1cc(S(=O)(=O)Nc2cccc(-c3cc(C)c(C(=O)NC4(C(=O)O)CNC4)c(C)c3)c2)c(C)cc1Cl. The van der Waals surface area contributed by atoms with Crippen LogP contribution in [0.3, 0.4) is 0 Å². The number of carbonyl (C=O) groups excluding carboxylic acids is 1. The number of carboxylic acids is 1. The minimum absolute atomic E-state index is 0.155. The Kier molecular flexibility index (Phi) is 7.07. The Labute approximate surface area is 221 Å². The van der Waals surface area contributed by atoms with Gasteiger partial charge in [0, 0.05) is 29.4 Å². The number of rotatable bonds is 7. The van der Waals surface area contributed by atoms with Gasteiger partial charge in [-0.05, 0) is 85.3 Å². The lowest BCUT2D eigenvalue weighted by Crippen LogP contribution is -2.73. The van der Waals surface area contributed by atoms with Gasteiger partial charge in [-0.3, -0.25) is 9.52 Å². The van der Waals surface area contributed by atoms with E-state index >= 15 is 0 Å². The van der Waals surface area contributed by atoms with E-state index in [0.717, 1.165) is 11.1 Å². The van der Waals surface area contributed by atoms with Gasteiger partial charge in [0.1, 0.15) is 0 Å². The fourth-order valence-electron chi connectivity index (χ4n) is 4.45. The minimum Gasteiger partial charge on any atom is -0.479 e. The molecule has 194 valence electrons. The minimum atomic E-state index is -3.85. The van der Waals surface area contributed by atoms with E-state index in [-0.39, 0.29) is 18.0 Å². The molecule has 0 saturated carbocycles. The second kappa shape index (κ2) is 9.81. The van der Waals surface area contributed by atoms with E-state index in [1.165, 1.54) is 0 Å². The Balaban J connectivity index is 1.61. The van der Waals surface area contributed by atoms with E-state index in [2.05, 4.69) is 15.4 Å². The molecule has 3 aromatic rings. The topological polar surface area (TPSA) is 125 Å². The number of aliphatic carboxylic acids is 1. The van der Waals surface area contributed by atoms with Crippen molar-refractivity contribution in [1.82, 2.24) is 10.6 Å². The Bertz CT molecular complexity index is 1510. The molecule has 0 unspecified atom stereocenters. The first kappa shape index (κ1) is 26.7. The summed E-state index contributed by atoms with van der Waals surface area (Å²) in [6.07, 6.45) is 0. The average Bonchev–Trinajstić information content (AvgIpc) is 2.77. The quantitative estimate of drug-likeness (QED) is 0.355. The van der Waals surface area contributed by atoms with Crippen molar-refractivity contribution in [2.75, 3.05) is 17.8 Å². The molecule has 1 aliphatic rings. The second-order valence-corrected chi connectivity index (χ2v) is 11.5. The van der Waals surface area contributed by atoms with Gasteiger partial charge in [0.05, 0.1) is 4.90 Å². The number of amides is 1. The van der Waals surface area contributed by atoms with Gasteiger partial charge in [-0.25, -0.2) is 13.2 Å². The number of aryl methyl sites for hydroxylation is 4. The molecule has 10 heteroatoms. The van der Waals surface area contributed by atoms with E-state index in [0.29, 0.717) is 38.5 Å². The number of hydrogen-bond acceptors (Lipinski definition) is 5. The first-order chi connectivity index (χ1) is 17.3. The van der Waals surface area contributed by atoms with Crippen LogP contribution in [0.15, 0.2) is 53.4 Å². The Hall–Kier alpha value is -3.40. The third kappa shape index (κ3) is 5.20. The Morgan fingerprint density at radius 2 is 1.57 bits per heavy atom. The summed E-state index contributed by atoms with van der Waals surface area (Å²) in [6, 6.07) is 13.8. The van der Waals surface area contributed by atoms with E-state index < -0.39 is 27.4 Å². The van der Waals surface area contributed by atoms with Gasteiger partial charge in [-0.15, -0.1) is 0 Å². The first-order valence-corrected chi connectivity index (χ1v) is 13.5. The molecular weight excluding hydrogens is 514 g/mol. The maximum atomic E-state index is 13.1. The number of benzene rings is 3. The number of sulfonamides is 1. The zero-order valence-corrected chi connectivity index (χ0v) is 22.5. The number of halogens is 1. The van der Waals surface area contributed by atoms with E-state index in [1.54, 1.807) is 58.0 Å². The molecule has 0 spiro atoms. The zero-order valence-electron chi connectivity index (χ0n) is 20.9. The van der Waals surface area contributed by atoms with E-state index in [1.807, 2.05) is 18.2 Å². The van der Waals surface area contributed by atoms with Gasteiger partial charge >= 0.3 is 5.97 Å². The van der Waals surface area contributed by atoms with Gasteiger partial charge in [-0.2, -0.15) is 0 Å².